The number of carboxylic acid groups (broad SMARTS) is 1. The third-order valence-electron chi connectivity index (χ3n) is 2.62. The molecular formula is C13H17N3O4. The Hall–Kier alpha value is -2.57. The zero-order valence-electron chi connectivity index (χ0n) is 11.2. The van der Waals surface area contributed by atoms with Gasteiger partial charge in [-0.15, -0.1) is 0 Å². The second kappa shape index (κ2) is 6.55. The molecule has 0 aliphatic carbocycles. The van der Waals surface area contributed by atoms with Crippen LogP contribution < -0.4 is 16.4 Å². The summed E-state index contributed by atoms with van der Waals surface area (Å²) in [6, 6.07) is 4.40. The molecule has 0 fully saturated rings. The fourth-order valence-corrected chi connectivity index (χ4v) is 1.57. The summed E-state index contributed by atoms with van der Waals surface area (Å²) in [5, 5.41) is 13.8. The van der Waals surface area contributed by atoms with Crippen molar-refractivity contribution in [1.29, 1.82) is 0 Å². The zero-order chi connectivity index (χ0) is 15.3. The molecule has 0 radical (unpaired) electrons. The number of rotatable bonds is 5. The van der Waals surface area contributed by atoms with Gasteiger partial charge in [0, 0.05) is 11.3 Å². The van der Waals surface area contributed by atoms with E-state index in [1.807, 2.05) is 0 Å². The number of nitrogens with two attached hydrogens (primary N) is 1. The Kier molecular flexibility index (Phi) is 5.08. The van der Waals surface area contributed by atoms with Crippen LogP contribution in [0.3, 0.4) is 0 Å². The zero-order valence-corrected chi connectivity index (χ0v) is 11.2. The van der Waals surface area contributed by atoms with Crippen LogP contribution in [-0.4, -0.2) is 29.1 Å². The van der Waals surface area contributed by atoms with Crippen molar-refractivity contribution >= 4 is 23.6 Å². The highest BCUT2D eigenvalue weighted by atomic mass is 16.4. The highest BCUT2D eigenvalue weighted by Crippen LogP contribution is 2.10. The fraction of sp³-hybridized carbons (Fsp3) is 0.308. The SMILES string of the molecule is CC(C)[C@@H](NC(=O)Nc1cccc(C(N)=O)c1)C(=O)O. The van der Waals surface area contributed by atoms with Crippen molar-refractivity contribution in [3.05, 3.63) is 29.8 Å². The van der Waals surface area contributed by atoms with Gasteiger partial charge in [0.2, 0.25) is 5.91 Å². The molecule has 7 nitrogen and oxygen atoms in total. The minimum Gasteiger partial charge on any atom is -0.480 e. The molecule has 0 heterocycles. The number of hydrogen-bond donors (Lipinski definition) is 4. The van der Waals surface area contributed by atoms with Gasteiger partial charge in [-0.3, -0.25) is 4.79 Å². The molecule has 0 aliphatic heterocycles. The number of carbonyl (C=O) groups excluding carboxylic acids is 2. The van der Waals surface area contributed by atoms with Crippen molar-refractivity contribution in [2.24, 2.45) is 11.7 Å². The van der Waals surface area contributed by atoms with Crippen LogP contribution in [0.25, 0.3) is 0 Å². The lowest BCUT2D eigenvalue weighted by molar-refractivity contribution is -0.140. The van der Waals surface area contributed by atoms with Gasteiger partial charge in [0.15, 0.2) is 0 Å². The van der Waals surface area contributed by atoms with E-state index in [0.717, 1.165) is 0 Å². The van der Waals surface area contributed by atoms with Gasteiger partial charge in [0.1, 0.15) is 6.04 Å². The highest BCUT2D eigenvalue weighted by Gasteiger charge is 2.23. The van der Waals surface area contributed by atoms with Crippen LogP contribution in [0, 0.1) is 5.92 Å². The molecule has 1 aromatic carbocycles. The maximum atomic E-state index is 11.7. The molecule has 0 saturated heterocycles. The second-order valence-corrected chi connectivity index (χ2v) is 4.60. The number of primary amides is 1. The predicted molar refractivity (Wildman–Crippen MR) is 73.4 cm³/mol. The molecular weight excluding hydrogens is 262 g/mol. The normalized spacial score (nSPS) is 11.8. The van der Waals surface area contributed by atoms with Gasteiger partial charge >= 0.3 is 12.0 Å². The second-order valence-electron chi connectivity index (χ2n) is 4.60. The van der Waals surface area contributed by atoms with Crippen molar-refractivity contribution < 1.29 is 19.5 Å². The molecule has 0 spiro atoms. The lowest BCUT2D eigenvalue weighted by atomic mass is 10.1. The van der Waals surface area contributed by atoms with Crippen LogP contribution in [0.2, 0.25) is 0 Å². The van der Waals surface area contributed by atoms with Crippen LogP contribution in [0.1, 0.15) is 24.2 Å². The third kappa shape index (κ3) is 4.27. The predicted octanol–water partition coefficient (Wildman–Crippen LogP) is 1.02. The quantitative estimate of drug-likeness (QED) is 0.642. The Morgan fingerprint density at radius 3 is 2.40 bits per heavy atom. The molecule has 108 valence electrons. The monoisotopic (exact) mass is 279 g/mol. The van der Waals surface area contributed by atoms with Crippen molar-refractivity contribution in [3.8, 4) is 0 Å². The Morgan fingerprint density at radius 2 is 1.90 bits per heavy atom. The van der Waals surface area contributed by atoms with E-state index in [4.69, 9.17) is 10.8 Å². The van der Waals surface area contributed by atoms with E-state index in [9.17, 15) is 14.4 Å². The lowest BCUT2D eigenvalue weighted by Gasteiger charge is -2.18. The maximum absolute atomic E-state index is 11.7. The molecule has 3 amide bonds. The number of nitrogens with one attached hydrogen (secondary N) is 2. The summed E-state index contributed by atoms with van der Waals surface area (Å²) in [4.78, 5) is 33.7. The van der Waals surface area contributed by atoms with Crippen LogP contribution in [0.15, 0.2) is 24.3 Å². The first kappa shape index (κ1) is 15.5. The molecule has 0 aliphatic rings. The summed E-state index contributed by atoms with van der Waals surface area (Å²) >= 11 is 0. The minimum absolute atomic E-state index is 0.251. The Labute approximate surface area is 116 Å². The van der Waals surface area contributed by atoms with E-state index < -0.39 is 23.9 Å². The fourth-order valence-electron chi connectivity index (χ4n) is 1.57. The average Bonchev–Trinajstić information content (AvgIpc) is 2.35. The Balaban J connectivity index is 2.73. The highest BCUT2D eigenvalue weighted by molar-refractivity contribution is 5.96. The number of hydrogen-bond acceptors (Lipinski definition) is 3. The molecule has 0 aromatic heterocycles. The van der Waals surface area contributed by atoms with Gasteiger partial charge in [-0.05, 0) is 24.1 Å². The largest absolute Gasteiger partial charge is 0.480 e. The van der Waals surface area contributed by atoms with Crippen LogP contribution >= 0.6 is 0 Å². The molecule has 5 N–H and O–H groups in total. The van der Waals surface area contributed by atoms with Gasteiger partial charge in [-0.25, -0.2) is 9.59 Å². The summed E-state index contributed by atoms with van der Waals surface area (Å²) in [5.41, 5.74) is 5.73. The summed E-state index contributed by atoms with van der Waals surface area (Å²) in [6.07, 6.45) is 0. The van der Waals surface area contributed by atoms with Crippen LogP contribution in [-0.2, 0) is 4.79 Å². The Bertz CT molecular complexity index is 528. The standard InChI is InChI=1S/C13H17N3O4/c1-7(2)10(12(18)19)16-13(20)15-9-5-3-4-8(6-9)11(14)17/h3-7,10H,1-2H3,(H2,14,17)(H,18,19)(H2,15,16,20)/t10-/m1/s1. The molecule has 0 bridgehead atoms. The first-order valence-corrected chi connectivity index (χ1v) is 6.01. The number of anilines is 1. The summed E-state index contributed by atoms with van der Waals surface area (Å²) < 4.78 is 0. The topological polar surface area (TPSA) is 122 Å². The third-order valence-corrected chi connectivity index (χ3v) is 2.62. The number of carbonyl (C=O) groups is 3. The first-order valence-electron chi connectivity index (χ1n) is 6.01. The first-order chi connectivity index (χ1) is 9.31. The van der Waals surface area contributed by atoms with E-state index in [2.05, 4.69) is 10.6 Å². The molecule has 0 unspecified atom stereocenters. The van der Waals surface area contributed by atoms with Gasteiger partial charge in [0.05, 0.1) is 0 Å². The van der Waals surface area contributed by atoms with Gasteiger partial charge in [-0.1, -0.05) is 19.9 Å². The maximum Gasteiger partial charge on any atom is 0.326 e. The number of urea groups is 1. The molecule has 7 heteroatoms. The average molecular weight is 279 g/mol. The van der Waals surface area contributed by atoms with Crippen LogP contribution in [0.5, 0.6) is 0 Å². The smallest absolute Gasteiger partial charge is 0.326 e. The van der Waals surface area contributed by atoms with Gasteiger partial charge in [-0.2, -0.15) is 0 Å². The van der Waals surface area contributed by atoms with Crippen molar-refractivity contribution in [2.45, 2.75) is 19.9 Å². The summed E-state index contributed by atoms with van der Waals surface area (Å²) in [5.74, 6) is -1.98. The number of carboxylic acids is 1. The van der Waals surface area contributed by atoms with Crippen molar-refractivity contribution in [3.63, 3.8) is 0 Å². The molecule has 1 rings (SSSR count). The minimum atomic E-state index is -1.11. The van der Waals surface area contributed by atoms with Gasteiger partial charge < -0.3 is 21.5 Å². The molecule has 20 heavy (non-hydrogen) atoms. The van der Waals surface area contributed by atoms with E-state index >= 15 is 0 Å². The number of aliphatic carboxylic acids is 1. The van der Waals surface area contributed by atoms with Crippen LogP contribution in [0.4, 0.5) is 10.5 Å². The van der Waals surface area contributed by atoms with E-state index in [1.54, 1.807) is 26.0 Å². The van der Waals surface area contributed by atoms with Crippen molar-refractivity contribution in [1.82, 2.24) is 5.32 Å². The molecule has 1 aromatic rings. The molecule has 1 atom stereocenters. The van der Waals surface area contributed by atoms with E-state index in [1.165, 1.54) is 12.1 Å². The van der Waals surface area contributed by atoms with Crippen molar-refractivity contribution in [2.75, 3.05) is 5.32 Å². The summed E-state index contributed by atoms with van der Waals surface area (Å²) in [6.45, 7) is 3.37. The number of benzene rings is 1. The van der Waals surface area contributed by atoms with E-state index in [-0.39, 0.29) is 11.5 Å². The molecule has 0 saturated carbocycles. The Morgan fingerprint density at radius 1 is 1.25 bits per heavy atom. The van der Waals surface area contributed by atoms with E-state index in [0.29, 0.717) is 5.69 Å². The lowest BCUT2D eigenvalue weighted by Crippen LogP contribution is -2.46. The van der Waals surface area contributed by atoms with Gasteiger partial charge in [0.25, 0.3) is 0 Å². The number of amides is 3. The summed E-state index contributed by atoms with van der Waals surface area (Å²) in [7, 11) is 0.